The van der Waals surface area contributed by atoms with Gasteiger partial charge in [-0.1, -0.05) is 0 Å². The SMILES string of the molecule is Cc1cc(O)c(C(=O)Cl)cc1N=S=O. The van der Waals surface area contributed by atoms with E-state index in [9.17, 15) is 14.1 Å². The van der Waals surface area contributed by atoms with Gasteiger partial charge in [0.05, 0.1) is 11.3 Å². The molecule has 0 aliphatic rings. The zero-order valence-corrected chi connectivity index (χ0v) is 8.72. The van der Waals surface area contributed by atoms with Crippen LogP contribution in [0.4, 0.5) is 5.69 Å². The van der Waals surface area contributed by atoms with Gasteiger partial charge in [0.1, 0.15) is 5.75 Å². The van der Waals surface area contributed by atoms with E-state index in [-0.39, 0.29) is 22.8 Å². The van der Waals surface area contributed by atoms with E-state index in [1.165, 1.54) is 12.1 Å². The summed E-state index contributed by atoms with van der Waals surface area (Å²) in [4.78, 5) is 10.8. The molecular weight excluding hydrogens is 226 g/mol. The fraction of sp³-hybridized carbons (Fsp3) is 0.125. The van der Waals surface area contributed by atoms with Gasteiger partial charge in [-0.15, -0.1) is 0 Å². The van der Waals surface area contributed by atoms with E-state index in [2.05, 4.69) is 4.36 Å². The maximum atomic E-state index is 10.8. The second-order valence-corrected chi connectivity index (χ2v) is 3.27. The molecule has 0 heterocycles. The lowest BCUT2D eigenvalue weighted by molar-refractivity contribution is 0.107. The van der Waals surface area contributed by atoms with Crippen LogP contribution in [-0.4, -0.2) is 14.6 Å². The molecule has 0 spiro atoms. The first kappa shape index (κ1) is 10.9. The lowest BCUT2D eigenvalue weighted by atomic mass is 10.1. The minimum atomic E-state index is -0.783. The molecule has 0 atom stereocenters. The number of benzene rings is 1. The van der Waals surface area contributed by atoms with Gasteiger partial charge in [0.15, 0.2) is 0 Å². The van der Waals surface area contributed by atoms with Crippen LogP contribution in [0.5, 0.6) is 5.75 Å². The zero-order chi connectivity index (χ0) is 10.7. The first-order valence-corrected chi connectivity index (χ1v) is 4.67. The van der Waals surface area contributed by atoms with Gasteiger partial charge in [-0.05, 0) is 36.2 Å². The summed E-state index contributed by atoms with van der Waals surface area (Å²) in [5.74, 6) is -0.211. The van der Waals surface area contributed by atoms with Crippen molar-refractivity contribution in [3.8, 4) is 5.75 Å². The monoisotopic (exact) mass is 231 g/mol. The molecule has 0 aromatic heterocycles. The van der Waals surface area contributed by atoms with E-state index >= 15 is 0 Å². The lowest BCUT2D eigenvalue weighted by Gasteiger charge is -2.02. The molecule has 0 saturated carbocycles. The molecule has 4 nitrogen and oxygen atoms in total. The van der Waals surface area contributed by atoms with Gasteiger partial charge < -0.3 is 5.11 Å². The normalized spacial score (nSPS) is 9.57. The molecule has 0 aliphatic heterocycles. The maximum absolute atomic E-state index is 10.8. The van der Waals surface area contributed by atoms with E-state index in [0.29, 0.717) is 11.3 Å². The Morgan fingerprint density at radius 1 is 1.57 bits per heavy atom. The highest BCUT2D eigenvalue weighted by molar-refractivity contribution is 7.54. The van der Waals surface area contributed by atoms with Crippen molar-refractivity contribution >= 4 is 34.0 Å². The Hall–Kier alpha value is -1.20. The molecule has 0 fully saturated rings. The van der Waals surface area contributed by atoms with Crippen molar-refractivity contribution in [2.75, 3.05) is 0 Å². The molecular formula is C8H6ClNO3S. The summed E-state index contributed by atoms with van der Waals surface area (Å²) in [6.45, 7) is 1.66. The van der Waals surface area contributed by atoms with Crippen molar-refractivity contribution < 1.29 is 14.1 Å². The van der Waals surface area contributed by atoms with Gasteiger partial charge in [0, 0.05) is 0 Å². The predicted octanol–water partition coefficient (Wildman–Crippen LogP) is 2.11. The Bertz CT molecular complexity index is 417. The zero-order valence-electron chi connectivity index (χ0n) is 7.15. The second kappa shape index (κ2) is 4.34. The summed E-state index contributed by atoms with van der Waals surface area (Å²) < 4.78 is 13.7. The van der Waals surface area contributed by atoms with Gasteiger partial charge in [0.25, 0.3) is 5.24 Å². The summed E-state index contributed by atoms with van der Waals surface area (Å²) in [6.07, 6.45) is 0. The molecule has 1 aromatic rings. The van der Waals surface area contributed by atoms with Crippen molar-refractivity contribution in [1.29, 1.82) is 0 Å². The predicted molar refractivity (Wildman–Crippen MR) is 53.3 cm³/mol. The Morgan fingerprint density at radius 3 is 2.71 bits per heavy atom. The highest BCUT2D eigenvalue weighted by atomic mass is 35.5. The molecule has 1 rings (SSSR count). The Kier molecular flexibility index (Phi) is 3.38. The number of hydrogen-bond donors (Lipinski definition) is 1. The van der Waals surface area contributed by atoms with Gasteiger partial charge in [-0.25, -0.2) is 0 Å². The third-order valence-electron chi connectivity index (χ3n) is 1.66. The summed E-state index contributed by atoms with van der Waals surface area (Å²) >= 11 is 5.24. The fourth-order valence-corrected chi connectivity index (χ4v) is 1.41. The van der Waals surface area contributed by atoms with Crippen molar-refractivity contribution in [2.24, 2.45) is 4.36 Å². The number of phenols is 1. The maximum Gasteiger partial charge on any atom is 0.256 e. The van der Waals surface area contributed by atoms with Crippen molar-refractivity contribution in [3.05, 3.63) is 23.3 Å². The first-order valence-electron chi connectivity index (χ1n) is 3.59. The number of carbonyl (C=O) groups excluding carboxylic acids is 1. The van der Waals surface area contributed by atoms with Crippen molar-refractivity contribution in [1.82, 2.24) is 0 Å². The largest absolute Gasteiger partial charge is 0.507 e. The average Bonchev–Trinajstić information content (AvgIpc) is 2.09. The molecule has 0 bridgehead atoms. The van der Waals surface area contributed by atoms with Gasteiger partial charge in [0.2, 0.25) is 11.5 Å². The molecule has 0 aliphatic carbocycles. The minimum absolute atomic E-state index is 0.0341. The van der Waals surface area contributed by atoms with Gasteiger partial charge in [-0.2, -0.15) is 8.57 Å². The van der Waals surface area contributed by atoms with E-state index in [1.54, 1.807) is 6.92 Å². The third kappa shape index (κ3) is 2.18. The molecule has 74 valence electrons. The van der Waals surface area contributed by atoms with Crippen LogP contribution < -0.4 is 0 Å². The smallest absolute Gasteiger partial charge is 0.256 e. The number of halogens is 1. The standard InChI is InChI=1S/C8H6ClNO3S/c1-4-2-7(11)5(8(9)12)3-6(4)10-14-13/h2-3,11H,1H3. The summed E-state index contributed by atoms with van der Waals surface area (Å²) in [5, 5.41) is 8.54. The van der Waals surface area contributed by atoms with Crippen LogP contribution in [-0.2, 0) is 11.5 Å². The summed E-state index contributed by atoms with van der Waals surface area (Å²) in [6, 6.07) is 2.62. The number of aryl methyl sites for hydroxylation is 1. The summed E-state index contributed by atoms with van der Waals surface area (Å²) in [5.41, 5.74) is 0.893. The van der Waals surface area contributed by atoms with Gasteiger partial charge >= 0.3 is 0 Å². The quantitative estimate of drug-likeness (QED) is 0.793. The number of rotatable bonds is 2. The molecule has 0 amide bonds. The van der Waals surface area contributed by atoms with Crippen molar-refractivity contribution in [3.63, 3.8) is 0 Å². The van der Waals surface area contributed by atoms with Crippen LogP contribution in [0.2, 0.25) is 0 Å². The van der Waals surface area contributed by atoms with Gasteiger partial charge in [-0.3, -0.25) is 4.79 Å². The summed E-state index contributed by atoms with van der Waals surface area (Å²) in [7, 11) is 0. The number of nitrogens with zero attached hydrogens (tertiary/aromatic N) is 1. The third-order valence-corrected chi connectivity index (χ3v) is 2.14. The van der Waals surface area contributed by atoms with E-state index in [4.69, 9.17) is 11.6 Å². The number of phenolic OH excluding ortho intramolecular Hbond substituents is 1. The van der Waals surface area contributed by atoms with Crippen LogP contribution in [0.15, 0.2) is 16.5 Å². The fourth-order valence-electron chi connectivity index (χ4n) is 0.977. The van der Waals surface area contributed by atoms with Crippen LogP contribution >= 0.6 is 11.6 Å². The molecule has 0 saturated heterocycles. The van der Waals surface area contributed by atoms with Crippen LogP contribution in [0.25, 0.3) is 0 Å². The van der Waals surface area contributed by atoms with Crippen LogP contribution in [0, 0.1) is 6.92 Å². The Labute approximate surface area is 88.8 Å². The molecule has 0 radical (unpaired) electrons. The lowest BCUT2D eigenvalue weighted by Crippen LogP contribution is -1.90. The molecule has 6 heteroatoms. The molecule has 1 aromatic carbocycles. The second-order valence-electron chi connectivity index (χ2n) is 2.60. The number of carbonyl (C=O) groups is 1. The highest BCUT2D eigenvalue weighted by Gasteiger charge is 2.11. The van der Waals surface area contributed by atoms with E-state index < -0.39 is 5.24 Å². The Morgan fingerprint density at radius 2 is 2.21 bits per heavy atom. The molecule has 1 N–H and O–H groups in total. The minimum Gasteiger partial charge on any atom is -0.507 e. The van der Waals surface area contributed by atoms with Crippen LogP contribution in [0.3, 0.4) is 0 Å². The average molecular weight is 232 g/mol. The topological polar surface area (TPSA) is 66.7 Å². The molecule has 0 unspecified atom stereocenters. The van der Waals surface area contributed by atoms with Crippen molar-refractivity contribution in [2.45, 2.75) is 6.92 Å². The molecule has 14 heavy (non-hydrogen) atoms. The first-order chi connectivity index (χ1) is 6.56. The highest BCUT2D eigenvalue weighted by Crippen LogP contribution is 2.28. The Balaban J connectivity index is 3.41. The van der Waals surface area contributed by atoms with E-state index in [1.807, 2.05) is 0 Å². The van der Waals surface area contributed by atoms with E-state index in [0.717, 1.165) is 0 Å². The number of hydrogen-bond acceptors (Lipinski definition) is 4. The number of aromatic hydroxyl groups is 1. The van der Waals surface area contributed by atoms with Crippen LogP contribution in [0.1, 0.15) is 15.9 Å².